The Morgan fingerprint density at radius 1 is 1.09 bits per heavy atom. The van der Waals surface area contributed by atoms with Crippen LogP contribution in [0.2, 0.25) is 0 Å². The lowest BCUT2D eigenvalue weighted by Crippen LogP contribution is -2.40. The van der Waals surface area contributed by atoms with Crippen LogP contribution in [0.4, 0.5) is 4.79 Å². The number of urea groups is 1. The van der Waals surface area contributed by atoms with Crippen LogP contribution in [0.25, 0.3) is 0 Å². The van der Waals surface area contributed by atoms with E-state index < -0.39 is 0 Å². The number of carbonyl (C=O) groups is 1. The van der Waals surface area contributed by atoms with Gasteiger partial charge >= 0.3 is 6.03 Å². The Labute approximate surface area is 137 Å². The summed E-state index contributed by atoms with van der Waals surface area (Å²) in [7, 11) is 1.63. The van der Waals surface area contributed by atoms with Crippen LogP contribution >= 0.6 is 0 Å². The molecule has 4 heteroatoms. The number of para-hydroxylation sites is 1. The van der Waals surface area contributed by atoms with E-state index in [0.29, 0.717) is 6.54 Å². The standard InChI is InChI=1S/C19H24N2O2/c1-15(12-13-16-8-4-3-5-9-16)21-19(22)20-14-17-10-6-7-11-18(17)23-2/h3-11,15H,12-14H2,1-2H3,(H2,20,21,22)/t15-/m1/s1. The molecule has 122 valence electrons. The van der Waals surface area contributed by atoms with Gasteiger partial charge in [0.05, 0.1) is 7.11 Å². The molecule has 0 saturated heterocycles. The number of nitrogens with one attached hydrogen (secondary N) is 2. The molecule has 0 heterocycles. The van der Waals surface area contributed by atoms with Crippen molar-refractivity contribution in [2.75, 3.05) is 7.11 Å². The summed E-state index contributed by atoms with van der Waals surface area (Å²) in [5.41, 5.74) is 2.25. The molecule has 23 heavy (non-hydrogen) atoms. The van der Waals surface area contributed by atoms with Crippen molar-refractivity contribution < 1.29 is 9.53 Å². The summed E-state index contributed by atoms with van der Waals surface area (Å²) < 4.78 is 5.27. The second kappa shape index (κ2) is 8.83. The zero-order chi connectivity index (χ0) is 16.5. The molecule has 1 atom stereocenters. The molecule has 2 N–H and O–H groups in total. The summed E-state index contributed by atoms with van der Waals surface area (Å²) in [5.74, 6) is 0.782. The smallest absolute Gasteiger partial charge is 0.315 e. The van der Waals surface area contributed by atoms with Crippen molar-refractivity contribution in [2.24, 2.45) is 0 Å². The Balaban J connectivity index is 1.73. The second-order valence-corrected chi connectivity index (χ2v) is 5.56. The predicted octanol–water partition coefficient (Wildman–Crippen LogP) is 3.52. The van der Waals surface area contributed by atoms with Crippen LogP contribution in [0.1, 0.15) is 24.5 Å². The molecule has 0 unspecified atom stereocenters. The fourth-order valence-electron chi connectivity index (χ4n) is 2.40. The molecule has 0 aliphatic carbocycles. The van der Waals surface area contributed by atoms with Gasteiger partial charge in [-0.1, -0.05) is 48.5 Å². The van der Waals surface area contributed by atoms with Gasteiger partial charge < -0.3 is 15.4 Å². The first-order chi connectivity index (χ1) is 11.2. The van der Waals surface area contributed by atoms with Gasteiger partial charge in [0.2, 0.25) is 0 Å². The summed E-state index contributed by atoms with van der Waals surface area (Å²) in [6, 6.07) is 17.9. The number of benzene rings is 2. The molecule has 2 rings (SSSR count). The van der Waals surface area contributed by atoms with Crippen molar-refractivity contribution in [3.05, 3.63) is 65.7 Å². The van der Waals surface area contributed by atoms with E-state index in [1.165, 1.54) is 5.56 Å². The van der Waals surface area contributed by atoms with Crippen LogP contribution in [-0.2, 0) is 13.0 Å². The molecule has 2 aromatic rings. The number of hydrogen-bond acceptors (Lipinski definition) is 2. The Kier molecular flexibility index (Phi) is 6.48. The van der Waals surface area contributed by atoms with Gasteiger partial charge in [-0.25, -0.2) is 4.79 Å². The van der Waals surface area contributed by atoms with Crippen molar-refractivity contribution in [1.29, 1.82) is 0 Å². The number of ether oxygens (including phenoxy) is 1. The van der Waals surface area contributed by atoms with Gasteiger partial charge in [-0.3, -0.25) is 0 Å². The number of amides is 2. The SMILES string of the molecule is COc1ccccc1CNC(=O)N[C@H](C)CCc1ccccc1. The topological polar surface area (TPSA) is 50.4 Å². The highest BCUT2D eigenvalue weighted by Crippen LogP contribution is 2.16. The van der Waals surface area contributed by atoms with Crippen molar-refractivity contribution in [1.82, 2.24) is 10.6 Å². The highest BCUT2D eigenvalue weighted by molar-refractivity contribution is 5.74. The number of hydrogen-bond donors (Lipinski definition) is 2. The summed E-state index contributed by atoms with van der Waals surface area (Å²) in [6.45, 7) is 2.47. The number of rotatable bonds is 7. The highest BCUT2D eigenvalue weighted by Gasteiger charge is 2.08. The molecule has 0 aromatic heterocycles. The van der Waals surface area contributed by atoms with Gasteiger partial charge in [-0.05, 0) is 31.4 Å². The zero-order valence-electron chi connectivity index (χ0n) is 13.7. The van der Waals surface area contributed by atoms with Gasteiger partial charge in [-0.15, -0.1) is 0 Å². The fraction of sp³-hybridized carbons (Fsp3) is 0.316. The molecular weight excluding hydrogens is 288 g/mol. The van der Waals surface area contributed by atoms with Gasteiger partial charge in [0.25, 0.3) is 0 Å². The van der Waals surface area contributed by atoms with Crippen LogP contribution < -0.4 is 15.4 Å². The van der Waals surface area contributed by atoms with E-state index in [1.807, 2.05) is 49.4 Å². The van der Waals surface area contributed by atoms with Crippen molar-refractivity contribution >= 4 is 6.03 Å². The van der Waals surface area contributed by atoms with Gasteiger partial charge in [0, 0.05) is 18.2 Å². The van der Waals surface area contributed by atoms with Crippen molar-refractivity contribution in [3.8, 4) is 5.75 Å². The van der Waals surface area contributed by atoms with E-state index in [4.69, 9.17) is 4.74 Å². The van der Waals surface area contributed by atoms with Crippen LogP contribution in [0.3, 0.4) is 0 Å². The molecule has 2 amide bonds. The van der Waals surface area contributed by atoms with E-state index in [1.54, 1.807) is 7.11 Å². The van der Waals surface area contributed by atoms with Gasteiger partial charge in [0.1, 0.15) is 5.75 Å². The monoisotopic (exact) mass is 312 g/mol. The first-order valence-corrected chi connectivity index (χ1v) is 7.89. The van der Waals surface area contributed by atoms with Crippen LogP contribution in [-0.4, -0.2) is 19.2 Å². The van der Waals surface area contributed by atoms with E-state index in [9.17, 15) is 4.79 Å². The summed E-state index contributed by atoms with van der Waals surface area (Å²) >= 11 is 0. The molecule has 0 aliphatic rings. The first kappa shape index (κ1) is 16.9. The van der Waals surface area contributed by atoms with Crippen LogP contribution in [0.5, 0.6) is 5.75 Å². The average Bonchev–Trinajstić information content (AvgIpc) is 2.59. The zero-order valence-corrected chi connectivity index (χ0v) is 13.7. The van der Waals surface area contributed by atoms with Crippen molar-refractivity contribution in [2.45, 2.75) is 32.4 Å². The summed E-state index contributed by atoms with van der Waals surface area (Å²) in [6.07, 6.45) is 1.86. The molecule has 0 radical (unpaired) electrons. The van der Waals surface area contributed by atoms with E-state index in [-0.39, 0.29) is 12.1 Å². The van der Waals surface area contributed by atoms with E-state index in [2.05, 4.69) is 22.8 Å². The lowest BCUT2D eigenvalue weighted by atomic mass is 10.1. The molecule has 0 aliphatic heterocycles. The minimum absolute atomic E-state index is 0.118. The maximum Gasteiger partial charge on any atom is 0.315 e. The van der Waals surface area contributed by atoms with E-state index in [0.717, 1.165) is 24.2 Å². The normalized spacial score (nSPS) is 11.6. The van der Waals surface area contributed by atoms with Gasteiger partial charge in [0.15, 0.2) is 0 Å². The second-order valence-electron chi connectivity index (χ2n) is 5.56. The molecule has 4 nitrogen and oxygen atoms in total. The summed E-state index contributed by atoms with van der Waals surface area (Å²) in [4.78, 5) is 12.0. The first-order valence-electron chi connectivity index (χ1n) is 7.89. The number of carbonyl (C=O) groups excluding carboxylic acids is 1. The predicted molar refractivity (Wildman–Crippen MR) is 92.6 cm³/mol. The third kappa shape index (κ3) is 5.66. The van der Waals surface area contributed by atoms with Crippen molar-refractivity contribution in [3.63, 3.8) is 0 Å². The third-order valence-electron chi connectivity index (χ3n) is 3.72. The maximum atomic E-state index is 12.0. The van der Waals surface area contributed by atoms with Crippen LogP contribution in [0, 0.1) is 0 Å². The minimum Gasteiger partial charge on any atom is -0.496 e. The lowest BCUT2D eigenvalue weighted by Gasteiger charge is -2.15. The Morgan fingerprint density at radius 2 is 1.78 bits per heavy atom. The lowest BCUT2D eigenvalue weighted by molar-refractivity contribution is 0.236. The fourth-order valence-corrected chi connectivity index (χ4v) is 2.40. The Bertz CT molecular complexity index is 614. The Hall–Kier alpha value is -2.49. The summed E-state index contributed by atoms with van der Waals surface area (Å²) in [5, 5.41) is 5.84. The maximum absolute atomic E-state index is 12.0. The molecule has 0 spiro atoms. The molecular formula is C19H24N2O2. The van der Waals surface area contributed by atoms with Gasteiger partial charge in [-0.2, -0.15) is 0 Å². The molecule has 2 aromatic carbocycles. The number of aryl methyl sites for hydroxylation is 1. The molecule has 0 fully saturated rings. The molecule has 0 saturated carbocycles. The van der Waals surface area contributed by atoms with Crippen LogP contribution in [0.15, 0.2) is 54.6 Å². The largest absolute Gasteiger partial charge is 0.496 e. The minimum atomic E-state index is -0.156. The Morgan fingerprint density at radius 3 is 2.52 bits per heavy atom. The number of methoxy groups -OCH3 is 1. The quantitative estimate of drug-likeness (QED) is 0.822. The van der Waals surface area contributed by atoms with E-state index >= 15 is 0 Å². The third-order valence-corrected chi connectivity index (χ3v) is 3.72. The molecule has 0 bridgehead atoms. The average molecular weight is 312 g/mol. The highest BCUT2D eigenvalue weighted by atomic mass is 16.5.